The van der Waals surface area contributed by atoms with Gasteiger partial charge in [-0.15, -0.1) is 0 Å². The van der Waals surface area contributed by atoms with Crippen LogP contribution in [0.4, 0.5) is 0 Å². The van der Waals surface area contributed by atoms with Crippen LogP contribution < -0.4 is 15.6 Å². The molecule has 0 saturated heterocycles. The van der Waals surface area contributed by atoms with Crippen LogP contribution in [0.3, 0.4) is 0 Å². The lowest BCUT2D eigenvalue weighted by Gasteiger charge is -2.12. The number of H-pyrrole nitrogens is 1. The molecule has 22 heavy (non-hydrogen) atoms. The molecular formula is C17H20N2O3. The highest BCUT2D eigenvalue weighted by molar-refractivity contribution is 5.73. The maximum atomic E-state index is 11.0. The molecule has 116 valence electrons. The van der Waals surface area contributed by atoms with Crippen molar-refractivity contribution < 1.29 is 9.53 Å². The summed E-state index contributed by atoms with van der Waals surface area (Å²) in [5.41, 5.74) is 1.03. The van der Waals surface area contributed by atoms with Crippen molar-refractivity contribution in [3.05, 3.63) is 58.5 Å². The number of amides is 1. The molecule has 2 aromatic rings. The topological polar surface area (TPSA) is 71.2 Å². The number of pyridine rings is 1. The summed E-state index contributed by atoms with van der Waals surface area (Å²) in [7, 11) is 0. The van der Waals surface area contributed by atoms with Gasteiger partial charge in [-0.3, -0.25) is 9.59 Å². The van der Waals surface area contributed by atoms with Crippen LogP contribution >= 0.6 is 0 Å². The van der Waals surface area contributed by atoms with Crippen LogP contribution in [0.5, 0.6) is 11.5 Å². The zero-order chi connectivity index (χ0) is 15.9. The average molecular weight is 300 g/mol. The Morgan fingerprint density at radius 2 is 1.86 bits per heavy atom. The molecule has 0 aliphatic carbocycles. The molecule has 1 aromatic carbocycles. The fraction of sp³-hybridized carbons (Fsp3) is 0.294. The lowest BCUT2D eigenvalue weighted by Crippen LogP contribution is -2.30. The fourth-order valence-corrected chi connectivity index (χ4v) is 2.12. The number of carbonyl (C=O) groups is 1. The molecule has 2 N–H and O–H groups in total. The third kappa shape index (κ3) is 5.09. The van der Waals surface area contributed by atoms with E-state index in [4.69, 9.17) is 4.74 Å². The normalized spacial score (nSPS) is 11.7. The molecule has 5 nitrogen and oxygen atoms in total. The molecule has 0 aliphatic rings. The van der Waals surface area contributed by atoms with Crippen LogP contribution in [0.2, 0.25) is 0 Å². The average Bonchev–Trinajstić information content (AvgIpc) is 2.48. The van der Waals surface area contributed by atoms with Gasteiger partial charge in [-0.25, -0.2) is 0 Å². The van der Waals surface area contributed by atoms with Crippen LogP contribution in [0.1, 0.15) is 25.8 Å². The number of hydrogen-bond acceptors (Lipinski definition) is 3. The first-order valence-corrected chi connectivity index (χ1v) is 7.25. The van der Waals surface area contributed by atoms with Gasteiger partial charge in [-0.1, -0.05) is 12.1 Å². The second-order valence-electron chi connectivity index (χ2n) is 5.27. The number of aromatic amines is 1. The van der Waals surface area contributed by atoms with Gasteiger partial charge in [0.2, 0.25) is 11.5 Å². The summed E-state index contributed by atoms with van der Waals surface area (Å²) < 4.78 is 5.64. The van der Waals surface area contributed by atoms with Crippen molar-refractivity contribution in [1.82, 2.24) is 10.3 Å². The molecule has 0 spiro atoms. The molecule has 1 heterocycles. The van der Waals surface area contributed by atoms with E-state index in [9.17, 15) is 9.59 Å². The Bertz CT molecular complexity index is 657. The molecule has 1 unspecified atom stereocenters. The number of aryl methyl sites for hydroxylation is 1. The van der Waals surface area contributed by atoms with E-state index >= 15 is 0 Å². The quantitative estimate of drug-likeness (QED) is 0.861. The first-order chi connectivity index (χ1) is 10.5. The van der Waals surface area contributed by atoms with Crippen molar-refractivity contribution in [2.45, 2.75) is 32.7 Å². The highest BCUT2D eigenvalue weighted by Crippen LogP contribution is 2.20. The van der Waals surface area contributed by atoms with Crippen LogP contribution in [0, 0.1) is 0 Å². The summed E-state index contributed by atoms with van der Waals surface area (Å²) >= 11 is 0. The van der Waals surface area contributed by atoms with Crippen molar-refractivity contribution in [3.8, 4) is 11.5 Å². The molecule has 0 aliphatic heterocycles. The molecule has 2 rings (SSSR count). The Morgan fingerprint density at radius 1 is 1.18 bits per heavy atom. The Hall–Kier alpha value is -2.56. The minimum Gasteiger partial charge on any atom is -0.456 e. The summed E-state index contributed by atoms with van der Waals surface area (Å²) in [5, 5.41) is 2.87. The van der Waals surface area contributed by atoms with E-state index in [0.29, 0.717) is 11.5 Å². The SMILES string of the molecule is CC(=O)NC(C)CCc1ccc(Oc2ccc(=O)[nH]c2)cc1. The summed E-state index contributed by atoms with van der Waals surface area (Å²) in [6.45, 7) is 3.52. The number of benzene rings is 1. The molecule has 5 heteroatoms. The maximum Gasteiger partial charge on any atom is 0.248 e. The number of aromatic nitrogens is 1. The molecule has 1 aromatic heterocycles. The monoisotopic (exact) mass is 300 g/mol. The van der Waals surface area contributed by atoms with Crippen LogP contribution in [0.25, 0.3) is 0 Å². The summed E-state index contributed by atoms with van der Waals surface area (Å²) in [6, 6.07) is 11.0. The number of carbonyl (C=O) groups excluding carboxylic acids is 1. The lowest BCUT2D eigenvalue weighted by molar-refractivity contribution is -0.119. The van der Waals surface area contributed by atoms with E-state index in [0.717, 1.165) is 12.8 Å². The minimum absolute atomic E-state index is 0.00264. The minimum atomic E-state index is -0.156. The Balaban J connectivity index is 1.88. The van der Waals surface area contributed by atoms with Gasteiger partial charge in [0.05, 0.1) is 0 Å². The van der Waals surface area contributed by atoms with Gasteiger partial charge in [0.25, 0.3) is 0 Å². The van der Waals surface area contributed by atoms with Crippen molar-refractivity contribution >= 4 is 5.91 Å². The fourth-order valence-electron chi connectivity index (χ4n) is 2.12. The molecular weight excluding hydrogens is 280 g/mol. The van der Waals surface area contributed by atoms with Crippen molar-refractivity contribution in [2.24, 2.45) is 0 Å². The highest BCUT2D eigenvalue weighted by atomic mass is 16.5. The second-order valence-corrected chi connectivity index (χ2v) is 5.27. The summed E-state index contributed by atoms with van der Waals surface area (Å²) in [5.74, 6) is 1.30. The third-order valence-corrected chi connectivity index (χ3v) is 3.23. The second kappa shape index (κ2) is 7.45. The number of rotatable bonds is 6. The predicted octanol–water partition coefficient (Wildman–Crippen LogP) is 2.62. The van der Waals surface area contributed by atoms with Gasteiger partial charge >= 0.3 is 0 Å². The van der Waals surface area contributed by atoms with Crippen LogP contribution in [0.15, 0.2) is 47.4 Å². The Morgan fingerprint density at radius 3 is 2.45 bits per heavy atom. The molecule has 1 amide bonds. The zero-order valence-electron chi connectivity index (χ0n) is 12.8. The maximum absolute atomic E-state index is 11.0. The lowest BCUT2D eigenvalue weighted by atomic mass is 10.1. The standard InChI is InChI=1S/C17H20N2O3/c1-12(19-13(2)20)3-4-14-5-7-15(8-6-14)22-16-9-10-17(21)18-11-16/h5-12H,3-4H2,1-2H3,(H,18,21)(H,19,20). The van der Waals surface area contributed by atoms with E-state index in [-0.39, 0.29) is 17.5 Å². The molecule has 0 bridgehead atoms. The number of ether oxygens (including phenoxy) is 1. The summed E-state index contributed by atoms with van der Waals surface area (Å²) in [6.07, 6.45) is 3.31. The third-order valence-electron chi connectivity index (χ3n) is 3.23. The van der Waals surface area contributed by atoms with E-state index in [1.807, 2.05) is 31.2 Å². The zero-order valence-corrected chi connectivity index (χ0v) is 12.8. The van der Waals surface area contributed by atoms with Crippen LogP contribution in [-0.4, -0.2) is 16.9 Å². The number of nitrogens with one attached hydrogen (secondary N) is 2. The van der Waals surface area contributed by atoms with Crippen molar-refractivity contribution in [1.29, 1.82) is 0 Å². The van der Waals surface area contributed by atoms with Crippen LogP contribution in [-0.2, 0) is 11.2 Å². The van der Waals surface area contributed by atoms with Gasteiger partial charge in [0, 0.05) is 25.2 Å². The van der Waals surface area contributed by atoms with Gasteiger partial charge in [-0.05, 0) is 43.5 Å². The Kier molecular flexibility index (Phi) is 5.36. The van der Waals surface area contributed by atoms with Gasteiger partial charge < -0.3 is 15.0 Å². The van der Waals surface area contributed by atoms with E-state index in [2.05, 4.69) is 10.3 Å². The first-order valence-electron chi connectivity index (χ1n) is 7.25. The smallest absolute Gasteiger partial charge is 0.248 e. The largest absolute Gasteiger partial charge is 0.456 e. The summed E-state index contributed by atoms with van der Waals surface area (Å²) in [4.78, 5) is 24.5. The van der Waals surface area contributed by atoms with E-state index in [1.54, 1.807) is 6.07 Å². The molecule has 0 saturated carbocycles. The predicted molar refractivity (Wildman–Crippen MR) is 85.2 cm³/mol. The molecule has 0 fully saturated rings. The van der Waals surface area contributed by atoms with Gasteiger partial charge in [0.15, 0.2) is 0 Å². The van der Waals surface area contributed by atoms with E-state index < -0.39 is 0 Å². The van der Waals surface area contributed by atoms with Crippen molar-refractivity contribution in [2.75, 3.05) is 0 Å². The van der Waals surface area contributed by atoms with Crippen molar-refractivity contribution in [3.63, 3.8) is 0 Å². The highest BCUT2D eigenvalue weighted by Gasteiger charge is 2.04. The number of hydrogen-bond donors (Lipinski definition) is 2. The molecule has 0 radical (unpaired) electrons. The van der Waals surface area contributed by atoms with Gasteiger partial charge in [-0.2, -0.15) is 0 Å². The van der Waals surface area contributed by atoms with Gasteiger partial charge in [0.1, 0.15) is 11.5 Å². The Labute approximate surface area is 129 Å². The first kappa shape index (κ1) is 15.8. The molecule has 1 atom stereocenters. The van der Waals surface area contributed by atoms with E-state index in [1.165, 1.54) is 24.8 Å².